The van der Waals surface area contributed by atoms with Gasteiger partial charge in [0.15, 0.2) is 0 Å². The second-order valence-electron chi connectivity index (χ2n) is 3.62. The maximum atomic E-state index is 5.17. The molecule has 0 N–H and O–H groups in total. The topological polar surface area (TPSA) is 27.7 Å². The van der Waals surface area contributed by atoms with Gasteiger partial charge in [-0.25, -0.2) is 0 Å². The minimum atomic E-state index is -2.22. The van der Waals surface area contributed by atoms with Crippen molar-refractivity contribution >= 4 is 8.80 Å². The smallest absolute Gasteiger partial charge is 0.377 e. The fourth-order valence-electron chi connectivity index (χ4n) is 1.53. The summed E-state index contributed by atoms with van der Waals surface area (Å²) < 4.78 is 15.5. The van der Waals surface area contributed by atoms with E-state index in [-0.39, 0.29) is 0 Å². The lowest BCUT2D eigenvalue weighted by molar-refractivity contribution is 0.123. The van der Waals surface area contributed by atoms with E-state index in [0.29, 0.717) is 0 Å². The van der Waals surface area contributed by atoms with Gasteiger partial charge in [-0.2, -0.15) is 0 Å². The predicted molar refractivity (Wildman–Crippen MR) is 67.3 cm³/mol. The lowest BCUT2D eigenvalue weighted by atomic mass is 9.95. The van der Waals surface area contributed by atoms with Crippen LogP contribution in [0.15, 0.2) is 24.3 Å². The van der Waals surface area contributed by atoms with Gasteiger partial charge in [-0.15, -0.1) is 0 Å². The fraction of sp³-hybridized carbons (Fsp3) is 0.500. The lowest BCUT2D eigenvalue weighted by Gasteiger charge is -2.23. The Morgan fingerprint density at radius 2 is 1.25 bits per heavy atom. The molecule has 2 rings (SSSR count). The van der Waals surface area contributed by atoms with Gasteiger partial charge in [-0.05, 0) is 11.1 Å². The number of hydrogen-bond acceptors (Lipinski definition) is 3. The number of rotatable bonds is 5. The van der Waals surface area contributed by atoms with Crippen LogP contribution < -0.4 is 0 Å². The highest BCUT2D eigenvalue weighted by Gasteiger charge is 2.36. The molecule has 0 spiro atoms. The third-order valence-corrected chi connectivity index (χ3v) is 5.69. The first-order valence-corrected chi connectivity index (χ1v) is 7.40. The monoisotopic (exact) mass is 240 g/mol. The molecule has 0 aromatic carbocycles. The number of benzene rings is 1. The molecule has 0 atom stereocenters. The van der Waals surface area contributed by atoms with Gasteiger partial charge in [0, 0.05) is 27.4 Å². The molecule has 0 heterocycles. The molecule has 2 aliphatic carbocycles. The predicted octanol–water partition coefficient (Wildman–Crippen LogP) is 2.94. The third-order valence-electron chi connectivity index (χ3n) is 2.71. The molecule has 0 amide bonds. The SMILES string of the molecule is CCC[Si](OC)(OC)OC.c1cc2ccc1-2. The summed E-state index contributed by atoms with van der Waals surface area (Å²) in [5, 5.41) is 0. The fourth-order valence-corrected chi connectivity index (χ4v) is 3.25. The number of hydrogen-bond donors (Lipinski definition) is 0. The Morgan fingerprint density at radius 3 is 1.31 bits per heavy atom. The van der Waals surface area contributed by atoms with E-state index in [2.05, 4.69) is 31.2 Å². The van der Waals surface area contributed by atoms with Gasteiger partial charge in [0.05, 0.1) is 0 Å². The van der Waals surface area contributed by atoms with E-state index >= 15 is 0 Å². The van der Waals surface area contributed by atoms with E-state index in [1.165, 1.54) is 11.1 Å². The first-order chi connectivity index (χ1) is 7.71. The Kier molecular flexibility index (Phi) is 5.14. The van der Waals surface area contributed by atoms with Crippen molar-refractivity contribution in [1.82, 2.24) is 0 Å². The van der Waals surface area contributed by atoms with Crippen LogP contribution in [0.2, 0.25) is 6.04 Å². The summed E-state index contributed by atoms with van der Waals surface area (Å²) >= 11 is 0. The van der Waals surface area contributed by atoms with Gasteiger partial charge in [0.25, 0.3) is 0 Å². The van der Waals surface area contributed by atoms with Crippen LogP contribution in [0, 0.1) is 0 Å². The average Bonchev–Trinajstić information content (AvgIpc) is 2.32. The molecule has 16 heavy (non-hydrogen) atoms. The summed E-state index contributed by atoms with van der Waals surface area (Å²) in [6, 6.07) is 9.37. The van der Waals surface area contributed by atoms with E-state index in [1.807, 2.05) is 0 Å². The molecular formula is C12H20O3Si. The molecular weight excluding hydrogens is 220 g/mol. The zero-order valence-electron chi connectivity index (χ0n) is 10.4. The Labute approximate surface area is 98.7 Å². The Morgan fingerprint density at radius 1 is 0.875 bits per heavy atom. The normalized spacial score (nSPS) is 11.8. The van der Waals surface area contributed by atoms with Gasteiger partial charge >= 0.3 is 8.80 Å². The van der Waals surface area contributed by atoms with Crippen molar-refractivity contribution in [2.45, 2.75) is 19.4 Å². The van der Waals surface area contributed by atoms with Crippen LogP contribution in [0.5, 0.6) is 0 Å². The van der Waals surface area contributed by atoms with Crippen molar-refractivity contribution in [3.8, 4) is 11.1 Å². The second-order valence-corrected chi connectivity index (χ2v) is 6.71. The van der Waals surface area contributed by atoms with E-state index < -0.39 is 8.80 Å². The lowest BCUT2D eigenvalue weighted by Crippen LogP contribution is -2.42. The molecule has 0 aromatic rings. The van der Waals surface area contributed by atoms with Crippen LogP contribution in [0.1, 0.15) is 13.3 Å². The highest BCUT2D eigenvalue weighted by atomic mass is 28.4. The van der Waals surface area contributed by atoms with E-state index in [4.69, 9.17) is 13.3 Å². The molecule has 2 aliphatic rings. The quantitative estimate of drug-likeness (QED) is 0.752. The van der Waals surface area contributed by atoms with Gasteiger partial charge in [0.2, 0.25) is 0 Å². The summed E-state index contributed by atoms with van der Waals surface area (Å²) in [5.41, 5.74) is 2.85. The molecule has 0 aliphatic heterocycles. The van der Waals surface area contributed by atoms with Gasteiger partial charge < -0.3 is 13.3 Å². The molecule has 0 aromatic heterocycles. The average molecular weight is 240 g/mol. The van der Waals surface area contributed by atoms with Crippen molar-refractivity contribution in [2.24, 2.45) is 0 Å². The van der Waals surface area contributed by atoms with Crippen LogP contribution in [0.4, 0.5) is 0 Å². The third kappa shape index (κ3) is 2.92. The van der Waals surface area contributed by atoms with Crippen molar-refractivity contribution < 1.29 is 13.3 Å². The van der Waals surface area contributed by atoms with Crippen LogP contribution >= 0.6 is 0 Å². The molecule has 0 saturated carbocycles. The summed E-state index contributed by atoms with van der Waals surface area (Å²) in [6.07, 6.45) is 1.03. The van der Waals surface area contributed by atoms with E-state index in [1.54, 1.807) is 21.3 Å². The van der Waals surface area contributed by atoms with Crippen LogP contribution in [0.3, 0.4) is 0 Å². The van der Waals surface area contributed by atoms with Gasteiger partial charge in [-0.1, -0.05) is 37.6 Å². The minimum Gasteiger partial charge on any atom is -0.377 e. The van der Waals surface area contributed by atoms with Crippen LogP contribution in [-0.2, 0) is 13.3 Å². The first kappa shape index (κ1) is 13.4. The summed E-state index contributed by atoms with van der Waals surface area (Å²) in [5.74, 6) is 0. The Hall–Kier alpha value is -0.683. The van der Waals surface area contributed by atoms with Crippen LogP contribution in [-0.4, -0.2) is 30.1 Å². The van der Waals surface area contributed by atoms with Crippen molar-refractivity contribution in [1.29, 1.82) is 0 Å². The minimum absolute atomic E-state index is 0.885. The van der Waals surface area contributed by atoms with E-state index in [9.17, 15) is 0 Å². The maximum absolute atomic E-state index is 5.17. The van der Waals surface area contributed by atoms with Gasteiger partial charge in [-0.3, -0.25) is 0 Å². The zero-order valence-corrected chi connectivity index (χ0v) is 11.4. The highest BCUT2D eigenvalue weighted by molar-refractivity contribution is 6.60. The van der Waals surface area contributed by atoms with Crippen LogP contribution in [0.25, 0.3) is 11.1 Å². The molecule has 4 heteroatoms. The summed E-state index contributed by atoms with van der Waals surface area (Å²) in [4.78, 5) is 0. The van der Waals surface area contributed by atoms with E-state index in [0.717, 1.165) is 12.5 Å². The molecule has 0 fully saturated rings. The van der Waals surface area contributed by atoms with Crippen molar-refractivity contribution in [3.63, 3.8) is 0 Å². The molecule has 0 bridgehead atoms. The Balaban J connectivity index is 0.000000176. The largest absolute Gasteiger partial charge is 0.500 e. The highest BCUT2D eigenvalue weighted by Crippen LogP contribution is 2.29. The van der Waals surface area contributed by atoms with Crippen molar-refractivity contribution in [3.05, 3.63) is 24.3 Å². The van der Waals surface area contributed by atoms with Crippen molar-refractivity contribution in [2.75, 3.05) is 21.3 Å². The summed E-state index contributed by atoms with van der Waals surface area (Å²) in [6.45, 7) is 2.08. The summed E-state index contributed by atoms with van der Waals surface area (Å²) in [7, 11) is 2.68. The molecule has 0 unspecified atom stereocenters. The van der Waals surface area contributed by atoms with Gasteiger partial charge in [0.1, 0.15) is 0 Å². The first-order valence-electron chi connectivity index (χ1n) is 5.47. The molecule has 0 radical (unpaired) electrons. The standard InChI is InChI=1S/C6H16O3Si.C6H4/c1-5-6-10(7-2,8-3)9-4;1-2-6-4-3-5(1)6/h5-6H2,1-4H3;1-4H. The number of fused-ring (bicyclic) bond motifs is 1. The maximum Gasteiger partial charge on any atom is 0.500 e. The second kappa shape index (κ2) is 6.15. The Bertz CT molecular complexity index is 277. The molecule has 0 saturated heterocycles. The molecule has 3 nitrogen and oxygen atoms in total. The zero-order chi connectivity index (χ0) is 12.0. The molecule has 90 valence electrons.